The van der Waals surface area contributed by atoms with Crippen LogP contribution >= 0.6 is 0 Å². The van der Waals surface area contributed by atoms with Crippen molar-refractivity contribution < 1.29 is 4.79 Å². The highest BCUT2D eigenvalue weighted by molar-refractivity contribution is 6.83. The van der Waals surface area contributed by atoms with Crippen LogP contribution in [0.25, 0.3) is 0 Å². The molecule has 0 bridgehead atoms. The molecule has 2 heteroatoms. The van der Waals surface area contributed by atoms with Gasteiger partial charge in [-0.25, -0.2) is 0 Å². The second-order valence-electron chi connectivity index (χ2n) is 5.60. The van der Waals surface area contributed by atoms with Crippen LogP contribution in [0, 0.1) is 16.9 Å². The third-order valence-electron chi connectivity index (χ3n) is 2.65. The Labute approximate surface area is 88.3 Å². The Bertz CT molecular complexity index is 278. The Morgan fingerprint density at radius 1 is 1.21 bits per heavy atom. The van der Waals surface area contributed by atoms with Gasteiger partial charge >= 0.3 is 0 Å². The summed E-state index contributed by atoms with van der Waals surface area (Å²) in [7, 11) is -1.25. The van der Waals surface area contributed by atoms with Gasteiger partial charge in [-0.1, -0.05) is 19.6 Å². The molecule has 0 aromatic heterocycles. The Morgan fingerprint density at radius 2 is 1.71 bits per heavy atom. The van der Waals surface area contributed by atoms with Crippen LogP contribution in [0.15, 0.2) is 0 Å². The predicted octanol–water partition coefficient (Wildman–Crippen LogP) is 3.02. The zero-order chi connectivity index (χ0) is 10.8. The molecule has 0 unspecified atom stereocenters. The van der Waals surface area contributed by atoms with E-state index >= 15 is 0 Å². The monoisotopic (exact) mass is 208 g/mol. The summed E-state index contributed by atoms with van der Waals surface area (Å²) in [6, 6.07) is 0. The topological polar surface area (TPSA) is 17.1 Å². The smallest absolute Gasteiger partial charge is 0.133 e. The van der Waals surface area contributed by atoms with Crippen molar-refractivity contribution in [3.63, 3.8) is 0 Å². The van der Waals surface area contributed by atoms with Crippen LogP contribution in [0.4, 0.5) is 0 Å². The van der Waals surface area contributed by atoms with Crippen molar-refractivity contribution in [3.8, 4) is 11.5 Å². The zero-order valence-electron chi connectivity index (χ0n) is 9.74. The molecule has 0 amide bonds. The van der Waals surface area contributed by atoms with Gasteiger partial charge in [0.15, 0.2) is 0 Å². The van der Waals surface area contributed by atoms with Crippen LogP contribution < -0.4 is 0 Å². The van der Waals surface area contributed by atoms with Crippen LogP contribution in [0.5, 0.6) is 0 Å². The quantitative estimate of drug-likeness (QED) is 0.442. The molecule has 1 rings (SSSR count). The molecule has 0 heterocycles. The molecule has 1 aliphatic rings. The Kier molecular flexibility index (Phi) is 3.21. The number of ketones is 1. The fraction of sp³-hybridized carbons (Fsp3) is 0.750. The Hall–Kier alpha value is -0.553. The molecule has 0 aromatic carbocycles. The van der Waals surface area contributed by atoms with E-state index < -0.39 is 8.07 Å². The SMILES string of the molecule is CC1(C#C[Si](C)(C)C)CCC(=O)CC1. The fourth-order valence-corrected chi connectivity index (χ4v) is 2.22. The molecule has 0 aliphatic heterocycles. The number of rotatable bonds is 0. The van der Waals surface area contributed by atoms with Gasteiger partial charge in [0, 0.05) is 18.3 Å². The van der Waals surface area contributed by atoms with Crippen molar-refractivity contribution in [2.24, 2.45) is 5.41 Å². The maximum Gasteiger partial charge on any atom is 0.133 e. The number of Topliss-reactive ketones (excluding diaryl/α,β-unsaturated/α-hetero) is 1. The Morgan fingerprint density at radius 3 is 2.14 bits per heavy atom. The summed E-state index contributed by atoms with van der Waals surface area (Å²) in [6.45, 7) is 8.98. The maximum atomic E-state index is 11.1. The van der Waals surface area contributed by atoms with Crippen LogP contribution in [0.1, 0.15) is 32.6 Å². The lowest BCUT2D eigenvalue weighted by atomic mass is 9.76. The minimum absolute atomic E-state index is 0.119. The first kappa shape index (κ1) is 11.5. The lowest BCUT2D eigenvalue weighted by molar-refractivity contribution is -0.121. The average molecular weight is 208 g/mol. The molecule has 0 atom stereocenters. The fourth-order valence-electron chi connectivity index (χ4n) is 1.54. The van der Waals surface area contributed by atoms with E-state index in [1.165, 1.54) is 0 Å². The summed E-state index contributed by atoms with van der Waals surface area (Å²) in [5, 5.41) is 0. The largest absolute Gasteiger partial charge is 0.300 e. The van der Waals surface area contributed by atoms with Gasteiger partial charge in [-0.2, -0.15) is 0 Å². The van der Waals surface area contributed by atoms with Gasteiger partial charge in [0.2, 0.25) is 0 Å². The van der Waals surface area contributed by atoms with Gasteiger partial charge < -0.3 is 0 Å². The summed E-state index contributed by atoms with van der Waals surface area (Å²) in [5.41, 5.74) is 3.54. The summed E-state index contributed by atoms with van der Waals surface area (Å²) in [5.74, 6) is 3.83. The number of hydrogen-bond donors (Lipinski definition) is 0. The third kappa shape index (κ3) is 3.67. The molecule has 0 radical (unpaired) electrons. The minimum atomic E-state index is -1.25. The molecule has 0 N–H and O–H groups in total. The molecule has 0 spiro atoms. The van der Waals surface area contributed by atoms with Gasteiger partial charge in [0.05, 0.1) is 0 Å². The van der Waals surface area contributed by atoms with Gasteiger partial charge in [-0.15, -0.1) is 11.5 Å². The van der Waals surface area contributed by atoms with Crippen molar-refractivity contribution in [1.82, 2.24) is 0 Å². The molecule has 0 saturated heterocycles. The van der Waals surface area contributed by atoms with Crippen LogP contribution in [-0.2, 0) is 4.79 Å². The van der Waals surface area contributed by atoms with E-state index in [1.54, 1.807) is 0 Å². The molecule has 14 heavy (non-hydrogen) atoms. The molecule has 0 aromatic rings. The van der Waals surface area contributed by atoms with E-state index in [-0.39, 0.29) is 5.41 Å². The van der Waals surface area contributed by atoms with Gasteiger partial charge in [0.1, 0.15) is 13.9 Å². The van der Waals surface area contributed by atoms with E-state index in [1.807, 2.05) is 0 Å². The molecular formula is C12H20OSi. The summed E-state index contributed by atoms with van der Waals surface area (Å²) in [6.07, 6.45) is 3.39. The average Bonchev–Trinajstić information content (AvgIpc) is 2.07. The van der Waals surface area contributed by atoms with E-state index in [0.717, 1.165) is 25.7 Å². The second kappa shape index (κ2) is 3.90. The number of carbonyl (C=O) groups excluding carboxylic acids is 1. The van der Waals surface area contributed by atoms with Gasteiger partial charge in [-0.3, -0.25) is 4.79 Å². The molecular weight excluding hydrogens is 188 g/mol. The van der Waals surface area contributed by atoms with E-state index in [9.17, 15) is 4.79 Å². The van der Waals surface area contributed by atoms with E-state index in [2.05, 4.69) is 38.0 Å². The first-order valence-corrected chi connectivity index (χ1v) is 8.87. The van der Waals surface area contributed by atoms with Crippen LogP contribution in [0.2, 0.25) is 19.6 Å². The maximum absolute atomic E-state index is 11.1. The van der Waals surface area contributed by atoms with Crippen molar-refractivity contribution in [1.29, 1.82) is 0 Å². The third-order valence-corrected chi connectivity index (χ3v) is 3.53. The second-order valence-corrected chi connectivity index (χ2v) is 10.3. The standard InChI is InChI=1S/C12H20OSi/c1-12(9-10-14(2,3)4)7-5-11(13)6-8-12/h5-8H2,1-4H3. The van der Waals surface area contributed by atoms with Crippen molar-refractivity contribution in [3.05, 3.63) is 0 Å². The van der Waals surface area contributed by atoms with Gasteiger partial charge in [-0.05, 0) is 19.8 Å². The highest BCUT2D eigenvalue weighted by Gasteiger charge is 2.28. The first-order valence-electron chi connectivity index (χ1n) is 5.37. The lowest BCUT2D eigenvalue weighted by Crippen LogP contribution is -2.25. The molecule has 1 aliphatic carbocycles. The van der Waals surface area contributed by atoms with Gasteiger partial charge in [0.25, 0.3) is 0 Å². The van der Waals surface area contributed by atoms with Crippen LogP contribution in [0.3, 0.4) is 0 Å². The number of hydrogen-bond acceptors (Lipinski definition) is 1. The number of carbonyl (C=O) groups is 1. The first-order chi connectivity index (χ1) is 6.31. The molecule has 1 nitrogen and oxygen atoms in total. The summed E-state index contributed by atoms with van der Waals surface area (Å²) >= 11 is 0. The predicted molar refractivity (Wildman–Crippen MR) is 62.7 cm³/mol. The van der Waals surface area contributed by atoms with E-state index in [4.69, 9.17) is 0 Å². The normalized spacial score (nSPS) is 21.3. The molecule has 78 valence electrons. The van der Waals surface area contributed by atoms with E-state index in [0.29, 0.717) is 5.78 Å². The van der Waals surface area contributed by atoms with Crippen molar-refractivity contribution in [2.45, 2.75) is 52.2 Å². The summed E-state index contributed by atoms with van der Waals surface area (Å²) < 4.78 is 0. The van der Waals surface area contributed by atoms with Crippen molar-refractivity contribution >= 4 is 13.9 Å². The lowest BCUT2D eigenvalue weighted by Gasteiger charge is -2.27. The highest BCUT2D eigenvalue weighted by atomic mass is 28.3. The minimum Gasteiger partial charge on any atom is -0.300 e. The molecule has 1 saturated carbocycles. The highest BCUT2D eigenvalue weighted by Crippen LogP contribution is 2.33. The Balaban J connectivity index is 2.66. The summed E-state index contributed by atoms with van der Waals surface area (Å²) in [4.78, 5) is 11.1. The van der Waals surface area contributed by atoms with Crippen molar-refractivity contribution in [2.75, 3.05) is 0 Å². The molecule has 1 fully saturated rings. The zero-order valence-corrected chi connectivity index (χ0v) is 10.7. The van der Waals surface area contributed by atoms with Crippen LogP contribution in [-0.4, -0.2) is 13.9 Å².